The van der Waals surface area contributed by atoms with Crippen LogP contribution in [0.5, 0.6) is 0 Å². The van der Waals surface area contributed by atoms with Crippen LogP contribution in [-0.2, 0) is 6.42 Å². The average molecular weight is 283 g/mol. The maximum Gasteiger partial charge on any atom is 0.151 e. The molecule has 0 radical (unpaired) electrons. The Morgan fingerprint density at radius 2 is 1.90 bits per heavy atom. The van der Waals surface area contributed by atoms with Gasteiger partial charge < -0.3 is 4.90 Å². The van der Waals surface area contributed by atoms with Crippen LogP contribution in [0.4, 0.5) is 5.82 Å². The Labute approximate surface area is 125 Å². The zero-order valence-electron chi connectivity index (χ0n) is 12.4. The molecule has 0 aromatic carbocycles. The summed E-state index contributed by atoms with van der Waals surface area (Å²) in [5.74, 6) is 0.993. The molecule has 5 heteroatoms. The smallest absolute Gasteiger partial charge is 0.151 e. The first-order valence-corrected chi connectivity index (χ1v) is 7.48. The zero-order chi connectivity index (χ0) is 14.5. The Hall–Kier alpha value is -2.01. The molecule has 1 aliphatic heterocycles. The molecule has 2 aromatic heterocycles. The highest BCUT2D eigenvalue weighted by molar-refractivity contribution is 5.37. The molecular weight excluding hydrogens is 262 g/mol. The van der Waals surface area contributed by atoms with Crippen molar-refractivity contribution in [1.29, 1.82) is 0 Å². The van der Waals surface area contributed by atoms with Gasteiger partial charge >= 0.3 is 0 Å². The second-order valence-corrected chi connectivity index (χ2v) is 5.47. The highest BCUT2D eigenvalue weighted by atomic mass is 15.3. The van der Waals surface area contributed by atoms with Crippen LogP contribution in [0, 0.1) is 6.92 Å². The van der Waals surface area contributed by atoms with Gasteiger partial charge in [0.05, 0.1) is 5.69 Å². The molecule has 1 fully saturated rings. The second-order valence-electron chi connectivity index (χ2n) is 5.47. The molecule has 3 heterocycles. The van der Waals surface area contributed by atoms with E-state index >= 15 is 0 Å². The molecule has 0 amide bonds. The summed E-state index contributed by atoms with van der Waals surface area (Å²) in [6, 6.07) is 8.24. The topological polar surface area (TPSA) is 45.2 Å². The van der Waals surface area contributed by atoms with E-state index < -0.39 is 0 Å². The Kier molecular flexibility index (Phi) is 4.40. The van der Waals surface area contributed by atoms with Crippen LogP contribution in [0.2, 0.25) is 0 Å². The Bertz CT molecular complexity index is 547. The van der Waals surface area contributed by atoms with Crippen LogP contribution in [0.1, 0.15) is 11.3 Å². The molecule has 2 aromatic rings. The predicted molar refractivity (Wildman–Crippen MR) is 83.4 cm³/mol. The number of hydrogen-bond donors (Lipinski definition) is 0. The monoisotopic (exact) mass is 283 g/mol. The molecular formula is C16H21N5. The molecule has 110 valence electrons. The lowest BCUT2D eigenvalue weighted by Crippen LogP contribution is -2.47. The normalized spacial score (nSPS) is 16.1. The molecule has 1 aliphatic rings. The summed E-state index contributed by atoms with van der Waals surface area (Å²) in [7, 11) is 0. The van der Waals surface area contributed by atoms with Crippen molar-refractivity contribution in [3.05, 3.63) is 47.9 Å². The number of aromatic nitrogens is 3. The highest BCUT2D eigenvalue weighted by Crippen LogP contribution is 2.13. The Balaban J connectivity index is 1.48. The lowest BCUT2D eigenvalue weighted by molar-refractivity contribution is 0.260. The molecule has 3 rings (SSSR count). The molecule has 21 heavy (non-hydrogen) atoms. The van der Waals surface area contributed by atoms with Crippen LogP contribution in [0.3, 0.4) is 0 Å². The lowest BCUT2D eigenvalue weighted by Gasteiger charge is -2.35. The Morgan fingerprint density at radius 3 is 2.57 bits per heavy atom. The molecule has 0 N–H and O–H groups in total. The van der Waals surface area contributed by atoms with Gasteiger partial charge in [0.25, 0.3) is 0 Å². The van der Waals surface area contributed by atoms with Crippen molar-refractivity contribution in [3.63, 3.8) is 0 Å². The summed E-state index contributed by atoms with van der Waals surface area (Å²) in [5, 5.41) is 8.41. The van der Waals surface area contributed by atoms with Crippen molar-refractivity contribution in [2.24, 2.45) is 0 Å². The first kappa shape index (κ1) is 13.9. The van der Waals surface area contributed by atoms with E-state index in [2.05, 4.69) is 37.1 Å². The molecule has 0 bridgehead atoms. The van der Waals surface area contributed by atoms with Gasteiger partial charge in [-0.25, -0.2) is 0 Å². The zero-order valence-corrected chi connectivity index (χ0v) is 12.4. The number of pyridine rings is 1. The van der Waals surface area contributed by atoms with E-state index in [1.54, 1.807) is 0 Å². The number of hydrogen-bond acceptors (Lipinski definition) is 5. The Morgan fingerprint density at radius 1 is 1.05 bits per heavy atom. The molecule has 0 spiro atoms. The van der Waals surface area contributed by atoms with Gasteiger partial charge in [0.1, 0.15) is 0 Å². The van der Waals surface area contributed by atoms with Gasteiger partial charge in [-0.05, 0) is 37.1 Å². The van der Waals surface area contributed by atoms with Crippen molar-refractivity contribution in [2.75, 3.05) is 37.6 Å². The molecule has 0 aliphatic carbocycles. The second kappa shape index (κ2) is 6.63. The van der Waals surface area contributed by atoms with Gasteiger partial charge in [-0.3, -0.25) is 9.88 Å². The molecule has 0 atom stereocenters. The van der Waals surface area contributed by atoms with Crippen molar-refractivity contribution < 1.29 is 0 Å². The van der Waals surface area contributed by atoms with E-state index in [-0.39, 0.29) is 0 Å². The van der Waals surface area contributed by atoms with E-state index in [1.165, 1.54) is 5.56 Å². The van der Waals surface area contributed by atoms with Crippen LogP contribution in [0.25, 0.3) is 0 Å². The van der Waals surface area contributed by atoms with E-state index in [4.69, 9.17) is 0 Å². The third-order valence-corrected chi connectivity index (χ3v) is 3.92. The minimum atomic E-state index is 0.967. The summed E-state index contributed by atoms with van der Waals surface area (Å²) >= 11 is 0. The van der Waals surface area contributed by atoms with Gasteiger partial charge in [0, 0.05) is 45.1 Å². The highest BCUT2D eigenvalue weighted by Gasteiger charge is 2.17. The third kappa shape index (κ3) is 3.76. The molecule has 1 saturated heterocycles. The van der Waals surface area contributed by atoms with Gasteiger partial charge in [0.15, 0.2) is 5.82 Å². The first-order chi connectivity index (χ1) is 10.3. The van der Waals surface area contributed by atoms with E-state index in [9.17, 15) is 0 Å². The minimum absolute atomic E-state index is 0.967. The summed E-state index contributed by atoms with van der Waals surface area (Å²) < 4.78 is 0. The van der Waals surface area contributed by atoms with Gasteiger partial charge in [-0.2, -0.15) is 5.10 Å². The van der Waals surface area contributed by atoms with E-state index in [0.717, 1.165) is 50.7 Å². The quantitative estimate of drug-likeness (QED) is 0.852. The largest absolute Gasteiger partial charge is 0.353 e. The standard InChI is InChI=1S/C16H21N5/c1-14-4-5-16(19-18-14)21-11-9-20(10-12-21)8-6-15-3-2-7-17-13-15/h2-5,7,13H,6,8-12H2,1H3. The van der Waals surface area contributed by atoms with Crippen LogP contribution >= 0.6 is 0 Å². The molecule has 0 unspecified atom stereocenters. The predicted octanol–water partition coefficient (Wildman–Crippen LogP) is 1.54. The number of anilines is 1. The van der Waals surface area contributed by atoms with Crippen LogP contribution < -0.4 is 4.90 Å². The molecule has 5 nitrogen and oxygen atoms in total. The fourth-order valence-electron chi connectivity index (χ4n) is 2.59. The number of aryl methyl sites for hydroxylation is 1. The summed E-state index contributed by atoms with van der Waals surface area (Å²) in [4.78, 5) is 8.98. The SMILES string of the molecule is Cc1ccc(N2CCN(CCc3cccnc3)CC2)nn1. The van der Waals surface area contributed by atoms with E-state index in [0.29, 0.717) is 0 Å². The van der Waals surface area contributed by atoms with E-state index in [1.807, 2.05) is 31.5 Å². The van der Waals surface area contributed by atoms with Crippen LogP contribution in [-0.4, -0.2) is 52.8 Å². The fourth-order valence-corrected chi connectivity index (χ4v) is 2.59. The van der Waals surface area contributed by atoms with Gasteiger partial charge in [-0.1, -0.05) is 6.07 Å². The van der Waals surface area contributed by atoms with Crippen LogP contribution in [0.15, 0.2) is 36.7 Å². The third-order valence-electron chi connectivity index (χ3n) is 3.92. The van der Waals surface area contributed by atoms with Crippen molar-refractivity contribution in [1.82, 2.24) is 20.1 Å². The van der Waals surface area contributed by atoms with Crippen molar-refractivity contribution in [3.8, 4) is 0 Å². The number of piperazine rings is 1. The number of nitrogens with zero attached hydrogens (tertiary/aromatic N) is 5. The summed E-state index contributed by atoms with van der Waals surface area (Å²) in [6.45, 7) is 7.26. The minimum Gasteiger partial charge on any atom is -0.353 e. The summed E-state index contributed by atoms with van der Waals surface area (Å²) in [6.07, 6.45) is 4.85. The van der Waals surface area contributed by atoms with Crippen molar-refractivity contribution in [2.45, 2.75) is 13.3 Å². The first-order valence-electron chi connectivity index (χ1n) is 7.48. The number of rotatable bonds is 4. The fraction of sp³-hybridized carbons (Fsp3) is 0.438. The average Bonchev–Trinajstić information content (AvgIpc) is 2.55. The van der Waals surface area contributed by atoms with Gasteiger partial charge in [0.2, 0.25) is 0 Å². The maximum atomic E-state index is 4.27. The molecule has 0 saturated carbocycles. The maximum absolute atomic E-state index is 4.27. The van der Waals surface area contributed by atoms with Gasteiger partial charge in [-0.15, -0.1) is 5.10 Å². The summed E-state index contributed by atoms with van der Waals surface area (Å²) in [5.41, 5.74) is 2.28. The van der Waals surface area contributed by atoms with Crippen molar-refractivity contribution >= 4 is 5.82 Å². The lowest BCUT2D eigenvalue weighted by atomic mass is 10.2.